The molecule has 1 fully saturated rings. The topological polar surface area (TPSA) is 111 Å². The molecule has 2 atom stereocenters. The standard InChI is InChI=1S/C29H22F4N4O3.C6H13N.CHN/c1-2-36-27-24(22(16-38)35-37(27)21-9-4-3-5-10-21)23(17-11-13-20(30)14-12-17)25(28(36)40)34-26(39)18-7-6-8-19(15-18)29(31,32)33;1-7-5-3-2-4-6-7;1-2/h3-16,23,25H,2H2,1H3,(H,34,39);2-6H2,1H3;1H. The fraction of sp³-hybridized carbons (Fsp3) is 0.306. The number of anilines is 1. The number of para-hydroxylation sites is 1. The third kappa shape index (κ3) is 8.21. The summed E-state index contributed by atoms with van der Waals surface area (Å²) in [7, 11) is 2.19. The second kappa shape index (κ2) is 16.2. The minimum Gasteiger partial charge on any atom is -0.339 e. The second-order valence-corrected chi connectivity index (χ2v) is 11.5. The normalized spacial score (nSPS) is 17.5. The van der Waals surface area contributed by atoms with Crippen molar-refractivity contribution in [3.05, 3.63) is 113 Å². The predicted molar refractivity (Wildman–Crippen MR) is 176 cm³/mol. The number of carbonyl (C=O) groups excluding carboxylic acids is 3. The number of benzene rings is 3. The summed E-state index contributed by atoms with van der Waals surface area (Å²) in [6.07, 6.45) is 0.133. The number of hydrogen-bond acceptors (Lipinski definition) is 6. The Balaban J connectivity index is 0.000000528. The minimum atomic E-state index is -4.67. The number of amides is 2. The lowest BCUT2D eigenvalue weighted by atomic mass is 9.81. The first-order chi connectivity index (χ1) is 23.5. The summed E-state index contributed by atoms with van der Waals surface area (Å²) in [6, 6.07) is 16.5. The molecule has 1 N–H and O–H groups in total. The first-order valence-electron chi connectivity index (χ1n) is 15.7. The molecule has 0 bridgehead atoms. The second-order valence-electron chi connectivity index (χ2n) is 11.5. The fourth-order valence-electron chi connectivity index (χ4n) is 6.01. The summed E-state index contributed by atoms with van der Waals surface area (Å²) in [5, 5.41) is 13.5. The molecule has 1 saturated heterocycles. The Hall–Kier alpha value is -5.35. The van der Waals surface area contributed by atoms with Gasteiger partial charge in [-0.2, -0.15) is 18.3 Å². The van der Waals surface area contributed by atoms with E-state index in [-0.39, 0.29) is 17.8 Å². The average Bonchev–Trinajstić information content (AvgIpc) is 3.50. The lowest BCUT2D eigenvalue weighted by Gasteiger charge is -2.38. The van der Waals surface area contributed by atoms with Gasteiger partial charge in [0.25, 0.3) is 11.8 Å². The van der Waals surface area contributed by atoms with Crippen LogP contribution in [-0.2, 0) is 11.0 Å². The smallest absolute Gasteiger partial charge is 0.339 e. The number of fused-ring (bicyclic) bond motifs is 1. The Morgan fingerprint density at radius 2 is 1.65 bits per heavy atom. The van der Waals surface area contributed by atoms with Gasteiger partial charge in [0.2, 0.25) is 0 Å². The van der Waals surface area contributed by atoms with Crippen LogP contribution >= 0.6 is 0 Å². The molecule has 13 heteroatoms. The van der Waals surface area contributed by atoms with E-state index < -0.39 is 41.3 Å². The van der Waals surface area contributed by atoms with E-state index in [1.807, 2.05) is 0 Å². The Morgan fingerprint density at radius 1 is 1.00 bits per heavy atom. The van der Waals surface area contributed by atoms with Crippen LogP contribution in [0.2, 0.25) is 0 Å². The number of hydrogen-bond donors (Lipinski definition) is 1. The summed E-state index contributed by atoms with van der Waals surface area (Å²) in [4.78, 5) is 43.3. The molecule has 0 saturated carbocycles. The third-order valence-corrected chi connectivity index (χ3v) is 8.33. The van der Waals surface area contributed by atoms with Crippen molar-refractivity contribution in [2.75, 3.05) is 31.6 Å². The van der Waals surface area contributed by atoms with Gasteiger partial charge in [-0.3, -0.25) is 19.3 Å². The van der Waals surface area contributed by atoms with Crippen LogP contribution < -0.4 is 10.2 Å². The maximum absolute atomic E-state index is 14.0. The lowest BCUT2D eigenvalue weighted by Crippen LogP contribution is -2.55. The molecule has 6 rings (SSSR count). The van der Waals surface area contributed by atoms with Crippen molar-refractivity contribution in [2.45, 2.75) is 44.3 Å². The van der Waals surface area contributed by atoms with Gasteiger partial charge in [-0.05, 0) is 87.9 Å². The quantitative estimate of drug-likeness (QED) is 0.188. The maximum atomic E-state index is 14.0. The Kier molecular flexibility index (Phi) is 12.0. The van der Waals surface area contributed by atoms with Crippen LogP contribution in [0.4, 0.5) is 23.4 Å². The first-order valence-corrected chi connectivity index (χ1v) is 15.7. The Bertz CT molecular complexity index is 1770. The van der Waals surface area contributed by atoms with E-state index in [1.165, 1.54) is 72.3 Å². The van der Waals surface area contributed by atoms with E-state index in [2.05, 4.69) is 28.9 Å². The number of nitriles is 1. The van der Waals surface area contributed by atoms with Gasteiger partial charge in [-0.15, -0.1) is 0 Å². The van der Waals surface area contributed by atoms with E-state index >= 15 is 0 Å². The van der Waals surface area contributed by atoms with Crippen molar-refractivity contribution in [3.8, 4) is 12.3 Å². The van der Waals surface area contributed by atoms with Crippen molar-refractivity contribution < 1.29 is 31.9 Å². The summed E-state index contributed by atoms with van der Waals surface area (Å²) < 4.78 is 55.2. The van der Waals surface area contributed by atoms with Gasteiger partial charge < -0.3 is 10.2 Å². The molecule has 9 nitrogen and oxygen atoms in total. The van der Waals surface area contributed by atoms with Gasteiger partial charge in [-0.1, -0.05) is 42.8 Å². The maximum Gasteiger partial charge on any atom is 0.416 e. The van der Waals surface area contributed by atoms with E-state index in [1.54, 1.807) is 37.3 Å². The van der Waals surface area contributed by atoms with Gasteiger partial charge in [0, 0.05) is 30.2 Å². The molecule has 0 spiro atoms. The van der Waals surface area contributed by atoms with Crippen molar-refractivity contribution in [3.63, 3.8) is 0 Å². The molecule has 4 aromatic rings. The van der Waals surface area contributed by atoms with E-state index in [0.717, 1.165) is 12.1 Å². The molecule has 1 aromatic heterocycles. The number of aldehydes is 1. The monoisotopic (exact) mass is 676 g/mol. The van der Waals surface area contributed by atoms with Crippen LogP contribution in [0.1, 0.15) is 69.6 Å². The summed E-state index contributed by atoms with van der Waals surface area (Å²) in [5.41, 5.74) is -0.0297. The molecule has 3 aromatic carbocycles. The summed E-state index contributed by atoms with van der Waals surface area (Å²) in [6.45, 7) is 7.98. The number of rotatable bonds is 6. The molecule has 2 unspecified atom stereocenters. The number of carbonyl (C=O) groups is 3. The highest BCUT2D eigenvalue weighted by atomic mass is 19.4. The molecule has 49 heavy (non-hydrogen) atoms. The molecule has 256 valence electrons. The SMILES string of the molecule is C#N.CCN1C(=O)C(NC(=O)c2cccc(C(F)(F)F)c2)C(c2ccc(F)cc2)c2c(C=O)nn(-c3ccccc3)c21.CN1CCCCC1. The summed E-state index contributed by atoms with van der Waals surface area (Å²) in [5.74, 6) is -2.72. The van der Waals surface area contributed by atoms with Gasteiger partial charge >= 0.3 is 6.18 Å². The van der Waals surface area contributed by atoms with Crippen LogP contribution in [0.25, 0.3) is 5.69 Å². The number of piperidine rings is 1. The highest BCUT2D eigenvalue weighted by molar-refractivity contribution is 6.06. The molecule has 0 radical (unpaired) electrons. The van der Waals surface area contributed by atoms with Crippen molar-refractivity contribution >= 4 is 23.9 Å². The first kappa shape index (κ1) is 36.5. The zero-order valence-corrected chi connectivity index (χ0v) is 27.0. The molecular formula is C36H36F4N6O3. The number of halogens is 4. The van der Waals surface area contributed by atoms with Crippen LogP contribution in [0.15, 0.2) is 78.9 Å². The van der Waals surface area contributed by atoms with Crippen LogP contribution in [0.5, 0.6) is 0 Å². The fourth-order valence-corrected chi connectivity index (χ4v) is 6.01. The van der Waals surface area contributed by atoms with Crippen molar-refractivity contribution in [1.82, 2.24) is 20.0 Å². The molecular weight excluding hydrogens is 640 g/mol. The molecule has 2 amide bonds. The molecule has 0 aliphatic carbocycles. The van der Waals surface area contributed by atoms with Crippen molar-refractivity contribution in [1.29, 1.82) is 5.26 Å². The third-order valence-electron chi connectivity index (χ3n) is 8.33. The highest BCUT2D eigenvalue weighted by Crippen LogP contribution is 2.43. The van der Waals surface area contributed by atoms with Gasteiger partial charge in [0.1, 0.15) is 23.4 Å². The lowest BCUT2D eigenvalue weighted by molar-refractivity contribution is -0.137. The van der Waals surface area contributed by atoms with Gasteiger partial charge in [-0.25, -0.2) is 14.3 Å². The number of likely N-dealkylation sites (tertiary alicyclic amines) is 1. The highest BCUT2D eigenvalue weighted by Gasteiger charge is 2.46. The van der Waals surface area contributed by atoms with Gasteiger partial charge in [0.05, 0.1) is 11.3 Å². The minimum absolute atomic E-state index is 0.00236. The zero-order chi connectivity index (χ0) is 35.7. The zero-order valence-electron chi connectivity index (χ0n) is 27.0. The molecule has 2 aliphatic heterocycles. The number of aromatic nitrogens is 2. The predicted octanol–water partition coefficient (Wildman–Crippen LogP) is 6.38. The van der Waals surface area contributed by atoms with E-state index in [0.29, 0.717) is 35.0 Å². The molecule has 2 aliphatic rings. The largest absolute Gasteiger partial charge is 0.416 e. The van der Waals surface area contributed by atoms with Crippen molar-refractivity contribution in [2.24, 2.45) is 0 Å². The Morgan fingerprint density at radius 3 is 2.20 bits per heavy atom. The number of likely N-dealkylation sites (N-methyl/N-ethyl adjacent to an activating group) is 1. The number of alkyl halides is 3. The van der Waals surface area contributed by atoms with E-state index in [9.17, 15) is 31.9 Å². The van der Waals surface area contributed by atoms with E-state index in [4.69, 9.17) is 5.26 Å². The molecule has 3 heterocycles. The average molecular weight is 677 g/mol. The summed E-state index contributed by atoms with van der Waals surface area (Å²) >= 11 is 0. The van der Waals surface area contributed by atoms with Crippen LogP contribution in [-0.4, -0.2) is 65.5 Å². The van der Waals surface area contributed by atoms with Gasteiger partial charge in [0.15, 0.2) is 6.29 Å². The number of nitrogens with zero attached hydrogens (tertiary/aromatic N) is 5. The number of nitrogens with one attached hydrogen (secondary N) is 1. The Labute approximate surface area is 281 Å². The van der Waals surface area contributed by atoms with Crippen LogP contribution in [0.3, 0.4) is 0 Å². The van der Waals surface area contributed by atoms with Crippen LogP contribution in [0, 0.1) is 17.7 Å².